The van der Waals surface area contributed by atoms with Crippen LogP contribution in [-0.2, 0) is 0 Å². The van der Waals surface area contributed by atoms with Crippen LogP contribution in [0.1, 0.15) is 0 Å². The summed E-state index contributed by atoms with van der Waals surface area (Å²) in [5.74, 6) is 0. The molecule has 310 valence electrons. The Morgan fingerprint density at radius 3 is 0.925 bits per heavy atom. The van der Waals surface area contributed by atoms with E-state index in [1.165, 1.54) is 140 Å². The van der Waals surface area contributed by atoms with Gasteiger partial charge in [-0.1, -0.05) is 12.1 Å². The number of nitrogens with zero attached hydrogens (tertiary/aromatic N) is 2. The third kappa shape index (κ3) is 5.21. The first-order valence-electron chi connectivity index (χ1n) is 23.1. The molecule has 15 aromatic rings. The molecular formula is C64H38N2Se. The van der Waals surface area contributed by atoms with E-state index in [0.29, 0.717) is 0 Å². The van der Waals surface area contributed by atoms with Gasteiger partial charge in [0, 0.05) is 0 Å². The molecule has 0 N–H and O–H groups in total. The molecule has 0 bridgehead atoms. The van der Waals surface area contributed by atoms with E-state index in [1.54, 1.807) is 0 Å². The molecule has 0 amide bonds. The van der Waals surface area contributed by atoms with Gasteiger partial charge in [0.25, 0.3) is 0 Å². The quantitative estimate of drug-likeness (QED) is 0.123. The van der Waals surface area contributed by atoms with Gasteiger partial charge in [-0.25, -0.2) is 0 Å². The first-order valence-corrected chi connectivity index (χ1v) is 24.8. The number of benzene rings is 12. The molecule has 0 spiro atoms. The van der Waals surface area contributed by atoms with Gasteiger partial charge in [-0.3, -0.25) is 0 Å². The van der Waals surface area contributed by atoms with E-state index < -0.39 is 0 Å². The molecule has 67 heavy (non-hydrogen) atoms. The van der Waals surface area contributed by atoms with Gasteiger partial charge in [0.1, 0.15) is 0 Å². The molecule has 0 aliphatic carbocycles. The van der Waals surface area contributed by atoms with Crippen LogP contribution in [-0.4, -0.2) is 23.6 Å². The van der Waals surface area contributed by atoms with Gasteiger partial charge >= 0.3 is 382 Å². The SMILES string of the molecule is c1ccc2c(-n3c4ccccc4c4ccccc43)c3ccccc3c(-c3ccc4c(c3)[se]c3ccc(-c5c6ccccc6c(-n6c7ccccc7c7ccccc76)c6ccccc56)cc34)c2c1. The Morgan fingerprint density at radius 2 is 0.537 bits per heavy atom. The molecule has 0 aliphatic rings. The number of aromatic nitrogens is 2. The molecule has 3 heteroatoms. The first-order chi connectivity index (χ1) is 33.3. The zero-order valence-electron chi connectivity index (χ0n) is 36.2. The van der Waals surface area contributed by atoms with Crippen LogP contribution in [0.25, 0.3) is 140 Å². The average Bonchev–Trinajstić information content (AvgIpc) is 4.04. The van der Waals surface area contributed by atoms with E-state index >= 15 is 0 Å². The van der Waals surface area contributed by atoms with Crippen molar-refractivity contribution in [2.45, 2.75) is 0 Å². The molecule has 2 nitrogen and oxygen atoms in total. The van der Waals surface area contributed by atoms with Crippen molar-refractivity contribution in [1.82, 2.24) is 9.13 Å². The average molecular weight is 914 g/mol. The molecule has 0 aliphatic heterocycles. The van der Waals surface area contributed by atoms with Gasteiger partial charge in [-0.15, -0.1) is 0 Å². The van der Waals surface area contributed by atoms with Crippen LogP contribution in [0, 0.1) is 0 Å². The topological polar surface area (TPSA) is 9.86 Å². The summed E-state index contributed by atoms with van der Waals surface area (Å²) in [6.07, 6.45) is 0. The maximum absolute atomic E-state index is 2.51. The van der Waals surface area contributed by atoms with Crippen LogP contribution in [0.3, 0.4) is 0 Å². The van der Waals surface area contributed by atoms with E-state index in [0.717, 1.165) is 0 Å². The van der Waals surface area contributed by atoms with Crippen molar-refractivity contribution in [2.24, 2.45) is 0 Å². The minimum atomic E-state index is 0.165. The molecular weight excluding hydrogens is 876 g/mol. The van der Waals surface area contributed by atoms with E-state index in [9.17, 15) is 0 Å². The molecule has 0 saturated carbocycles. The number of rotatable bonds is 4. The molecule has 12 aromatic carbocycles. The molecule has 0 unspecified atom stereocenters. The summed E-state index contributed by atoms with van der Waals surface area (Å²) in [6, 6.07) is 86.2. The maximum atomic E-state index is 2.51. The second-order valence-corrected chi connectivity index (χ2v) is 20.2. The summed E-state index contributed by atoms with van der Waals surface area (Å²) < 4.78 is 7.88. The molecule has 3 heterocycles. The summed E-state index contributed by atoms with van der Waals surface area (Å²) in [6.45, 7) is 0. The fourth-order valence-electron chi connectivity index (χ4n) is 11.7. The Labute approximate surface area is 391 Å². The Kier molecular flexibility index (Phi) is 7.83. The molecule has 0 saturated heterocycles. The zero-order valence-corrected chi connectivity index (χ0v) is 38.0. The van der Waals surface area contributed by atoms with Gasteiger partial charge in [0.05, 0.1) is 0 Å². The Balaban J connectivity index is 0.937. The van der Waals surface area contributed by atoms with Crippen LogP contribution in [0.4, 0.5) is 0 Å². The van der Waals surface area contributed by atoms with Crippen molar-refractivity contribution in [3.8, 4) is 33.6 Å². The normalized spacial score (nSPS) is 12.2. The number of hydrogen-bond donors (Lipinski definition) is 0. The van der Waals surface area contributed by atoms with Crippen molar-refractivity contribution in [2.75, 3.05) is 0 Å². The summed E-state index contributed by atoms with van der Waals surface area (Å²) in [5, 5.41) is 17.9. The summed E-state index contributed by atoms with van der Waals surface area (Å²) in [5.41, 5.74) is 12.5. The summed E-state index contributed by atoms with van der Waals surface area (Å²) in [7, 11) is 0. The van der Waals surface area contributed by atoms with Crippen LogP contribution >= 0.6 is 0 Å². The van der Waals surface area contributed by atoms with Gasteiger partial charge in [0.2, 0.25) is 0 Å². The first kappa shape index (κ1) is 37.1. The third-order valence-corrected chi connectivity index (χ3v) is 16.8. The predicted molar refractivity (Wildman–Crippen MR) is 288 cm³/mol. The molecule has 15 rings (SSSR count). The van der Waals surface area contributed by atoms with Gasteiger partial charge in [-0.05, 0) is 0 Å². The second kappa shape index (κ2) is 14.1. The van der Waals surface area contributed by atoms with E-state index in [1.807, 2.05) is 0 Å². The van der Waals surface area contributed by atoms with Gasteiger partial charge < -0.3 is 0 Å². The van der Waals surface area contributed by atoms with E-state index in [-0.39, 0.29) is 14.5 Å². The van der Waals surface area contributed by atoms with E-state index in [4.69, 9.17) is 0 Å². The van der Waals surface area contributed by atoms with Crippen LogP contribution in [0.15, 0.2) is 231 Å². The third-order valence-electron chi connectivity index (χ3n) is 14.5. The Morgan fingerprint density at radius 1 is 0.224 bits per heavy atom. The van der Waals surface area contributed by atoms with E-state index in [2.05, 4.69) is 240 Å². The van der Waals surface area contributed by atoms with Crippen molar-refractivity contribution in [1.29, 1.82) is 0 Å². The zero-order chi connectivity index (χ0) is 43.7. The van der Waals surface area contributed by atoms with Crippen molar-refractivity contribution in [3.63, 3.8) is 0 Å². The molecule has 0 fully saturated rings. The number of fused-ring (bicyclic) bond motifs is 13. The fourth-order valence-corrected chi connectivity index (χ4v) is 14.1. The summed E-state index contributed by atoms with van der Waals surface area (Å²) >= 11 is 0.165. The second-order valence-electron chi connectivity index (χ2n) is 17.9. The monoisotopic (exact) mass is 914 g/mol. The molecule has 0 radical (unpaired) electrons. The van der Waals surface area contributed by atoms with Crippen molar-refractivity contribution < 1.29 is 0 Å². The number of hydrogen-bond acceptors (Lipinski definition) is 0. The number of para-hydroxylation sites is 4. The van der Waals surface area contributed by atoms with Crippen LogP contribution in [0.2, 0.25) is 0 Å². The van der Waals surface area contributed by atoms with Crippen molar-refractivity contribution in [3.05, 3.63) is 231 Å². The molecule has 0 atom stereocenters. The van der Waals surface area contributed by atoms with Gasteiger partial charge in [0.15, 0.2) is 0 Å². The Bertz CT molecular complexity index is 4360. The minimum absolute atomic E-state index is 0.165. The van der Waals surface area contributed by atoms with Crippen molar-refractivity contribution >= 4 is 120 Å². The molecule has 3 aromatic heterocycles. The Hall–Kier alpha value is -8.20. The van der Waals surface area contributed by atoms with Crippen LogP contribution in [0.5, 0.6) is 0 Å². The summed E-state index contributed by atoms with van der Waals surface area (Å²) in [4.78, 5) is 0. The standard InChI is InChI=1S/C64H38N2Se/c1-5-25-50-46(21-1)61(47-22-2-6-26-51(47)63(50)65-55-29-13-9-17-41(55)42-18-10-14-30-56(42)65)39-34-36-59-54(37-39)45-35-33-40(38-60(45)67-59)62-48-23-3-7-27-52(48)64(53-28-8-4-24-49(53)62)66-57-31-15-11-19-43(57)44-20-12-16-32-58(44)66/h1-38H. The fraction of sp³-hybridized carbons (Fsp3) is 0. The van der Waals surface area contributed by atoms with Gasteiger partial charge in [-0.2, -0.15) is 0 Å². The van der Waals surface area contributed by atoms with Crippen LogP contribution < -0.4 is 0 Å². The predicted octanol–water partition coefficient (Wildman–Crippen LogP) is 17.2.